The van der Waals surface area contributed by atoms with Crippen LogP contribution in [-0.4, -0.2) is 25.8 Å². The lowest BCUT2D eigenvalue weighted by atomic mass is 10.4. The first-order valence-electron chi connectivity index (χ1n) is 3.63. The Morgan fingerprint density at radius 1 is 1.79 bits per heavy atom. The fourth-order valence-corrected chi connectivity index (χ4v) is 1.79. The van der Waals surface area contributed by atoms with Gasteiger partial charge in [-0.15, -0.1) is 0 Å². The van der Waals surface area contributed by atoms with E-state index >= 15 is 0 Å². The molecule has 0 fully saturated rings. The zero-order valence-electron chi connectivity index (χ0n) is 7.10. The number of halogens is 1. The highest BCUT2D eigenvalue weighted by atomic mass is 127. The van der Waals surface area contributed by atoms with E-state index in [0.29, 0.717) is 0 Å². The third-order valence-corrected chi connectivity index (χ3v) is 2.55. The summed E-state index contributed by atoms with van der Waals surface area (Å²) in [5.41, 5.74) is -0.139. The molecule has 0 aliphatic heterocycles. The van der Waals surface area contributed by atoms with E-state index in [-0.39, 0.29) is 15.8 Å². The van der Waals surface area contributed by atoms with Crippen LogP contribution in [-0.2, 0) is 6.54 Å². The van der Waals surface area contributed by atoms with Gasteiger partial charge in [0, 0.05) is 0 Å². The molecule has 0 spiro atoms. The first kappa shape index (κ1) is 10.9. The van der Waals surface area contributed by atoms with Crippen LogP contribution in [0.5, 0.6) is 0 Å². The monoisotopic (exact) mass is 311 g/mol. The van der Waals surface area contributed by atoms with Crippen LogP contribution in [0.25, 0.3) is 0 Å². The number of rotatable bonds is 3. The Morgan fingerprint density at radius 3 is 2.64 bits per heavy atom. The van der Waals surface area contributed by atoms with Gasteiger partial charge in [-0.25, -0.2) is 4.79 Å². The standard InChI is InChI=1S/C6H6IN3O4/c1-2-9-4(6(11)12)3(7)5(8-9)10(13)14/h2H2,1H3,(H,11,12). The molecule has 1 heterocycles. The van der Waals surface area contributed by atoms with Gasteiger partial charge >= 0.3 is 11.8 Å². The second-order valence-corrected chi connectivity index (χ2v) is 3.44. The van der Waals surface area contributed by atoms with E-state index in [1.165, 1.54) is 0 Å². The van der Waals surface area contributed by atoms with Crippen molar-refractivity contribution in [2.45, 2.75) is 13.5 Å². The van der Waals surface area contributed by atoms with E-state index in [1.54, 1.807) is 29.5 Å². The molecule has 0 saturated heterocycles. The molecule has 0 amide bonds. The summed E-state index contributed by atoms with van der Waals surface area (Å²) < 4.78 is 1.16. The zero-order valence-corrected chi connectivity index (χ0v) is 9.26. The smallest absolute Gasteiger partial charge is 0.404 e. The van der Waals surface area contributed by atoms with Crippen molar-refractivity contribution in [3.05, 3.63) is 19.4 Å². The average Bonchev–Trinajstić information content (AvgIpc) is 2.42. The van der Waals surface area contributed by atoms with Gasteiger partial charge in [-0.1, -0.05) is 0 Å². The minimum atomic E-state index is -1.21. The maximum Gasteiger partial charge on any atom is 0.404 e. The molecule has 0 aliphatic rings. The van der Waals surface area contributed by atoms with Crippen LogP contribution in [0.2, 0.25) is 0 Å². The predicted octanol–water partition coefficient (Wildman–Crippen LogP) is 1.11. The van der Waals surface area contributed by atoms with E-state index in [2.05, 4.69) is 5.10 Å². The zero-order chi connectivity index (χ0) is 10.9. The Bertz CT molecular complexity index is 400. The summed E-state index contributed by atoms with van der Waals surface area (Å²) in [5, 5.41) is 22.8. The first-order chi connectivity index (χ1) is 6.49. The molecular weight excluding hydrogens is 305 g/mol. The molecule has 1 aromatic rings. The molecule has 1 N–H and O–H groups in total. The topological polar surface area (TPSA) is 98.3 Å². The first-order valence-corrected chi connectivity index (χ1v) is 4.70. The largest absolute Gasteiger partial charge is 0.476 e. The third-order valence-electron chi connectivity index (χ3n) is 1.55. The van der Waals surface area contributed by atoms with E-state index in [4.69, 9.17) is 5.11 Å². The SMILES string of the molecule is CCn1nc([N+](=O)[O-])c(I)c1C(=O)O. The van der Waals surface area contributed by atoms with Gasteiger partial charge in [-0.2, -0.15) is 4.68 Å². The van der Waals surface area contributed by atoms with E-state index in [1.807, 2.05) is 0 Å². The van der Waals surface area contributed by atoms with Gasteiger partial charge in [0.25, 0.3) is 0 Å². The fraction of sp³-hybridized carbons (Fsp3) is 0.333. The molecule has 0 saturated carbocycles. The van der Waals surface area contributed by atoms with Crippen molar-refractivity contribution < 1.29 is 14.8 Å². The Labute approximate surface area is 92.0 Å². The van der Waals surface area contributed by atoms with E-state index < -0.39 is 16.7 Å². The quantitative estimate of drug-likeness (QED) is 0.512. The lowest BCUT2D eigenvalue weighted by Crippen LogP contribution is -2.09. The highest BCUT2D eigenvalue weighted by molar-refractivity contribution is 14.1. The summed E-state index contributed by atoms with van der Waals surface area (Å²) in [6.07, 6.45) is 0. The fourth-order valence-electron chi connectivity index (χ4n) is 0.977. The van der Waals surface area contributed by atoms with Crippen LogP contribution in [0.4, 0.5) is 5.82 Å². The Morgan fingerprint density at radius 2 is 2.36 bits per heavy atom. The number of hydrogen-bond acceptors (Lipinski definition) is 4. The molecule has 14 heavy (non-hydrogen) atoms. The van der Waals surface area contributed by atoms with Crippen molar-refractivity contribution in [3.8, 4) is 0 Å². The summed E-state index contributed by atoms with van der Waals surface area (Å²) >= 11 is 1.61. The summed E-state index contributed by atoms with van der Waals surface area (Å²) in [7, 11) is 0. The van der Waals surface area contributed by atoms with Gasteiger partial charge < -0.3 is 15.2 Å². The Hall–Kier alpha value is -1.19. The number of carboxylic acids is 1. The Balaban J connectivity index is 3.40. The van der Waals surface area contributed by atoms with Crippen LogP contribution < -0.4 is 0 Å². The molecule has 76 valence electrons. The number of nitro groups is 1. The van der Waals surface area contributed by atoms with Crippen molar-refractivity contribution in [1.29, 1.82) is 0 Å². The van der Waals surface area contributed by atoms with E-state index in [0.717, 1.165) is 4.68 Å². The van der Waals surface area contributed by atoms with Gasteiger partial charge in [0.15, 0.2) is 5.69 Å². The van der Waals surface area contributed by atoms with Crippen LogP contribution >= 0.6 is 22.6 Å². The van der Waals surface area contributed by atoms with Crippen LogP contribution in [0.15, 0.2) is 0 Å². The molecule has 0 bridgehead atoms. The molecule has 0 aliphatic carbocycles. The third kappa shape index (κ3) is 1.69. The predicted molar refractivity (Wildman–Crippen MR) is 54.2 cm³/mol. The molecular formula is C6H6IN3O4. The number of aromatic carboxylic acids is 1. The van der Waals surface area contributed by atoms with Gasteiger partial charge in [-0.3, -0.25) is 0 Å². The minimum absolute atomic E-state index is 0.0574. The van der Waals surface area contributed by atoms with Crippen LogP contribution in [0, 0.1) is 13.7 Å². The van der Waals surface area contributed by atoms with Crippen LogP contribution in [0.3, 0.4) is 0 Å². The Kier molecular flexibility index (Phi) is 3.03. The molecule has 0 radical (unpaired) electrons. The lowest BCUT2D eigenvalue weighted by molar-refractivity contribution is -0.390. The second-order valence-electron chi connectivity index (χ2n) is 2.36. The number of nitrogens with zero attached hydrogens (tertiary/aromatic N) is 3. The molecule has 0 unspecified atom stereocenters. The molecule has 0 atom stereocenters. The summed E-state index contributed by atoms with van der Waals surface area (Å²) in [6, 6.07) is 0. The van der Waals surface area contributed by atoms with E-state index in [9.17, 15) is 14.9 Å². The highest BCUT2D eigenvalue weighted by Gasteiger charge is 2.29. The minimum Gasteiger partial charge on any atom is -0.476 e. The van der Waals surface area contributed by atoms with Gasteiger partial charge in [0.05, 0.1) is 11.6 Å². The number of carboxylic acid groups (broad SMARTS) is 1. The van der Waals surface area contributed by atoms with Crippen molar-refractivity contribution in [2.24, 2.45) is 0 Å². The van der Waals surface area contributed by atoms with Gasteiger partial charge in [0.1, 0.15) is 3.57 Å². The average molecular weight is 311 g/mol. The second kappa shape index (κ2) is 3.90. The molecule has 8 heteroatoms. The lowest BCUT2D eigenvalue weighted by Gasteiger charge is -1.93. The molecule has 7 nitrogen and oxygen atoms in total. The van der Waals surface area contributed by atoms with Crippen molar-refractivity contribution in [1.82, 2.24) is 9.78 Å². The number of aryl methyl sites for hydroxylation is 1. The normalized spacial score (nSPS) is 10.1. The van der Waals surface area contributed by atoms with Gasteiger partial charge in [-0.05, 0) is 34.4 Å². The molecule has 0 aromatic carbocycles. The van der Waals surface area contributed by atoms with Gasteiger partial charge in [0.2, 0.25) is 0 Å². The summed E-state index contributed by atoms with van der Waals surface area (Å²) in [6.45, 7) is 1.95. The molecule has 1 rings (SSSR count). The molecule has 1 aromatic heterocycles. The number of hydrogen-bond donors (Lipinski definition) is 1. The number of aromatic nitrogens is 2. The summed E-state index contributed by atoms with van der Waals surface area (Å²) in [4.78, 5) is 20.5. The van der Waals surface area contributed by atoms with Crippen molar-refractivity contribution >= 4 is 34.4 Å². The maximum atomic E-state index is 10.7. The van der Waals surface area contributed by atoms with Crippen molar-refractivity contribution in [3.63, 3.8) is 0 Å². The maximum absolute atomic E-state index is 10.7. The number of carbonyl (C=O) groups is 1. The summed E-state index contributed by atoms with van der Waals surface area (Å²) in [5.74, 6) is -1.62. The van der Waals surface area contributed by atoms with Crippen molar-refractivity contribution in [2.75, 3.05) is 0 Å². The van der Waals surface area contributed by atoms with Crippen LogP contribution in [0.1, 0.15) is 17.4 Å². The highest BCUT2D eigenvalue weighted by Crippen LogP contribution is 2.23.